The molecule has 0 aliphatic rings. The van der Waals surface area contributed by atoms with Gasteiger partial charge in [0.05, 0.1) is 19.8 Å². The smallest absolute Gasteiger partial charge is 0.218 e. The minimum absolute atomic E-state index is 0.424. The molecule has 0 bridgehead atoms. The molecule has 1 aromatic heterocycles. The SMILES string of the molecule is CCc1nc(NN)cc(OCCOCCOC)n1. The minimum atomic E-state index is 0.424. The van der Waals surface area contributed by atoms with Crippen molar-refractivity contribution in [3.8, 4) is 5.88 Å². The Morgan fingerprint density at radius 2 is 2.00 bits per heavy atom. The second kappa shape index (κ2) is 8.62. The molecule has 7 heteroatoms. The molecule has 1 heterocycles. The maximum atomic E-state index is 5.46. The van der Waals surface area contributed by atoms with Crippen LogP contribution in [0.5, 0.6) is 5.88 Å². The van der Waals surface area contributed by atoms with Crippen molar-refractivity contribution >= 4 is 5.82 Å². The normalized spacial score (nSPS) is 10.4. The molecule has 0 aliphatic heterocycles. The summed E-state index contributed by atoms with van der Waals surface area (Å²) in [6, 6.07) is 1.65. The van der Waals surface area contributed by atoms with Gasteiger partial charge in [0.1, 0.15) is 18.2 Å². The van der Waals surface area contributed by atoms with Gasteiger partial charge in [-0.25, -0.2) is 10.8 Å². The second-order valence-electron chi connectivity index (χ2n) is 3.46. The van der Waals surface area contributed by atoms with Crippen LogP contribution in [0.4, 0.5) is 5.82 Å². The van der Waals surface area contributed by atoms with Crippen molar-refractivity contribution in [2.24, 2.45) is 5.84 Å². The Bertz CT molecular complexity index is 327. The van der Waals surface area contributed by atoms with E-state index >= 15 is 0 Å². The Kier molecular flexibility index (Phi) is 7.00. The summed E-state index contributed by atoms with van der Waals surface area (Å²) in [4.78, 5) is 8.39. The maximum absolute atomic E-state index is 5.46. The van der Waals surface area contributed by atoms with Crippen molar-refractivity contribution in [3.63, 3.8) is 0 Å². The fourth-order valence-electron chi connectivity index (χ4n) is 1.23. The van der Waals surface area contributed by atoms with Crippen molar-refractivity contribution in [1.29, 1.82) is 0 Å². The summed E-state index contributed by atoms with van der Waals surface area (Å²) in [6.07, 6.45) is 0.718. The lowest BCUT2D eigenvalue weighted by Crippen LogP contribution is -2.13. The van der Waals surface area contributed by atoms with Gasteiger partial charge in [-0.05, 0) is 0 Å². The van der Waals surface area contributed by atoms with E-state index in [9.17, 15) is 0 Å². The number of nitrogens with zero attached hydrogens (tertiary/aromatic N) is 2. The third-order valence-electron chi connectivity index (χ3n) is 2.12. The molecular weight excluding hydrogens is 236 g/mol. The van der Waals surface area contributed by atoms with Crippen LogP contribution in [0.3, 0.4) is 0 Å². The quantitative estimate of drug-likeness (QED) is 0.374. The number of anilines is 1. The highest BCUT2D eigenvalue weighted by atomic mass is 16.5. The largest absolute Gasteiger partial charge is 0.475 e. The number of hydrogen-bond donors (Lipinski definition) is 2. The van der Waals surface area contributed by atoms with Crippen LogP contribution >= 0.6 is 0 Å². The number of nitrogens with two attached hydrogens (primary N) is 1. The summed E-state index contributed by atoms with van der Waals surface area (Å²) in [6.45, 7) is 4.01. The Balaban J connectivity index is 2.36. The van der Waals surface area contributed by atoms with E-state index in [0.29, 0.717) is 43.9 Å². The summed E-state index contributed by atoms with van der Waals surface area (Å²) in [5.41, 5.74) is 2.48. The Morgan fingerprint density at radius 3 is 2.67 bits per heavy atom. The van der Waals surface area contributed by atoms with Crippen LogP contribution in [-0.2, 0) is 15.9 Å². The van der Waals surface area contributed by atoms with Crippen molar-refractivity contribution in [2.75, 3.05) is 39.0 Å². The molecule has 7 nitrogen and oxygen atoms in total. The van der Waals surface area contributed by atoms with E-state index in [2.05, 4.69) is 15.4 Å². The third-order valence-corrected chi connectivity index (χ3v) is 2.12. The number of methoxy groups -OCH3 is 1. The van der Waals surface area contributed by atoms with Gasteiger partial charge in [0.2, 0.25) is 5.88 Å². The molecule has 3 N–H and O–H groups in total. The molecule has 0 atom stereocenters. The highest BCUT2D eigenvalue weighted by Crippen LogP contribution is 2.12. The molecule has 0 spiro atoms. The monoisotopic (exact) mass is 256 g/mol. The average molecular weight is 256 g/mol. The van der Waals surface area contributed by atoms with Gasteiger partial charge in [-0.3, -0.25) is 0 Å². The predicted octanol–water partition coefficient (Wildman–Crippen LogP) is 0.366. The molecule has 0 aromatic carbocycles. The lowest BCUT2D eigenvalue weighted by Gasteiger charge is -2.08. The molecule has 102 valence electrons. The standard InChI is InChI=1S/C11H20N4O3/c1-3-9-13-10(15-12)8-11(14-9)18-7-6-17-5-4-16-2/h8H,3-7,12H2,1-2H3,(H,13,14,15). The molecule has 1 rings (SSSR count). The zero-order valence-electron chi connectivity index (χ0n) is 10.8. The highest BCUT2D eigenvalue weighted by Gasteiger charge is 2.03. The molecular formula is C11H20N4O3. The summed E-state index contributed by atoms with van der Waals surface area (Å²) in [7, 11) is 1.63. The van der Waals surface area contributed by atoms with Gasteiger partial charge in [-0.2, -0.15) is 4.98 Å². The van der Waals surface area contributed by atoms with Gasteiger partial charge >= 0.3 is 0 Å². The average Bonchev–Trinajstić information content (AvgIpc) is 2.42. The van der Waals surface area contributed by atoms with Crippen LogP contribution < -0.4 is 16.0 Å². The molecule has 0 fully saturated rings. The second-order valence-corrected chi connectivity index (χ2v) is 3.46. The molecule has 0 amide bonds. The van der Waals surface area contributed by atoms with Crippen LogP contribution in [0, 0.1) is 0 Å². The van der Waals surface area contributed by atoms with E-state index in [0.717, 1.165) is 6.42 Å². The van der Waals surface area contributed by atoms with E-state index in [1.165, 1.54) is 0 Å². The Labute approximate surface area is 107 Å². The molecule has 1 aromatic rings. The lowest BCUT2D eigenvalue weighted by atomic mass is 10.4. The van der Waals surface area contributed by atoms with E-state index in [1.807, 2.05) is 6.92 Å². The third kappa shape index (κ3) is 5.26. The predicted molar refractivity (Wildman–Crippen MR) is 67.4 cm³/mol. The zero-order chi connectivity index (χ0) is 13.2. The van der Waals surface area contributed by atoms with Gasteiger partial charge < -0.3 is 19.6 Å². The lowest BCUT2D eigenvalue weighted by molar-refractivity contribution is 0.0536. The van der Waals surface area contributed by atoms with Gasteiger partial charge in [0.15, 0.2) is 0 Å². The molecule has 0 radical (unpaired) electrons. The highest BCUT2D eigenvalue weighted by molar-refractivity contribution is 5.36. The first-order chi connectivity index (χ1) is 8.80. The molecule has 0 unspecified atom stereocenters. The fraction of sp³-hybridized carbons (Fsp3) is 0.636. The van der Waals surface area contributed by atoms with Gasteiger partial charge in [-0.1, -0.05) is 6.92 Å². The minimum Gasteiger partial charge on any atom is -0.475 e. The van der Waals surface area contributed by atoms with Crippen molar-refractivity contribution < 1.29 is 14.2 Å². The van der Waals surface area contributed by atoms with Crippen LogP contribution in [0.15, 0.2) is 6.07 Å². The summed E-state index contributed by atoms with van der Waals surface area (Å²) in [5.74, 6) is 7.03. The number of ether oxygens (including phenoxy) is 3. The summed E-state index contributed by atoms with van der Waals surface area (Å²) >= 11 is 0. The molecule has 18 heavy (non-hydrogen) atoms. The van der Waals surface area contributed by atoms with Gasteiger partial charge in [0, 0.05) is 19.6 Å². The number of hydrazine groups is 1. The van der Waals surface area contributed by atoms with Crippen molar-refractivity contribution in [1.82, 2.24) is 9.97 Å². The van der Waals surface area contributed by atoms with Crippen LogP contribution in [0.25, 0.3) is 0 Å². The number of aromatic nitrogens is 2. The number of hydrogen-bond acceptors (Lipinski definition) is 7. The number of rotatable bonds is 9. The van der Waals surface area contributed by atoms with E-state index in [1.54, 1.807) is 13.2 Å². The fourth-order valence-corrected chi connectivity index (χ4v) is 1.23. The first-order valence-electron chi connectivity index (χ1n) is 5.84. The van der Waals surface area contributed by atoms with E-state index < -0.39 is 0 Å². The summed E-state index contributed by atoms with van der Waals surface area (Å²) in [5, 5.41) is 0. The van der Waals surface area contributed by atoms with Gasteiger partial charge in [-0.15, -0.1) is 0 Å². The van der Waals surface area contributed by atoms with E-state index in [4.69, 9.17) is 20.1 Å². The van der Waals surface area contributed by atoms with Crippen molar-refractivity contribution in [2.45, 2.75) is 13.3 Å². The van der Waals surface area contributed by atoms with Crippen LogP contribution in [0.1, 0.15) is 12.7 Å². The maximum Gasteiger partial charge on any atom is 0.218 e. The van der Waals surface area contributed by atoms with Crippen LogP contribution in [-0.4, -0.2) is 43.5 Å². The Hall–Kier alpha value is -1.44. The first kappa shape index (κ1) is 14.6. The number of aryl methyl sites for hydroxylation is 1. The van der Waals surface area contributed by atoms with E-state index in [-0.39, 0.29) is 0 Å². The molecule has 0 aliphatic carbocycles. The molecule has 0 saturated carbocycles. The first-order valence-corrected chi connectivity index (χ1v) is 5.84. The Morgan fingerprint density at radius 1 is 1.22 bits per heavy atom. The zero-order valence-corrected chi connectivity index (χ0v) is 10.8. The number of nitrogen functional groups attached to an aromatic ring is 1. The summed E-state index contributed by atoms with van der Waals surface area (Å²) < 4.78 is 15.6. The topological polar surface area (TPSA) is 91.5 Å². The number of nitrogens with one attached hydrogen (secondary N) is 1. The van der Waals surface area contributed by atoms with Crippen molar-refractivity contribution in [3.05, 3.63) is 11.9 Å². The van der Waals surface area contributed by atoms with Gasteiger partial charge in [0.25, 0.3) is 0 Å². The van der Waals surface area contributed by atoms with Crippen LogP contribution in [0.2, 0.25) is 0 Å². The molecule has 0 saturated heterocycles.